The summed E-state index contributed by atoms with van der Waals surface area (Å²) in [7, 11) is 1.75. The Morgan fingerprint density at radius 3 is 2.65 bits per heavy atom. The molecule has 1 aromatic heterocycles. The van der Waals surface area contributed by atoms with Crippen molar-refractivity contribution in [3.8, 4) is 11.8 Å². The fourth-order valence-electron chi connectivity index (χ4n) is 2.97. The van der Waals surface area contributed by atoms with Gasteiger partial charge in [-0.3, -0.25) is 9.48 Å². The van der Waals surface area contributed by atoms with Crippen LogP contribution in [-0.4, -0.2) is 46.8 Å². The zero-order chi connectivity index (χ0) is 18.4. The highest BCUT2D eigenvalue weighted by molar-refractivity contribution is 5.92. The van der Waals surface area contributed by atoms with E-state index in [9.17, 15) is 9.18 Å². The molecule has 1 aromatic carbocycles. The van der Waals surface area contributed by atoms with Crippen LogP contribution in [0.25, 0.3) is 0 Å². The van der Waals surface area contributed by atoms with Gasteiger partial charge in [0.2, 0.25) is 0 Å². The Bertz CT molecular complexity index is 811. The Kier molecular flexibility index (Phi) is 6.03. The van der Waals surface area contributed by atoms with Crippen LogP contribution in [-0.2, 0) is 7.05 Å². The van der Waals surface area contributed by atoms with Crippen LogP contribution in [0.3, 0.4) is 0 Å². The number of hydrogen-bond donors (Lipinski definition) is 1. The maximum atomic E-state index is 12.9. The molecule has 0 bridgehead atoms. The molecule has 136 valence electrons. The van der Waals surface area contributed by atoms with Gasteiger partial charge < -0.3 is 10.2 Å². The van der Waals surface area contributed by atoms with Crippen molar-refractivity contribution >= 4 is 5.91 Å². The highest BCUT2D eigenvalue weighted by Gasteiger charge is 2.13. The van der Waals surface area contributed by atoms with Gasteiger partial charge in [-0.2, -0.15) is 5.10 Å². The summed E-state index contributed by atoms with van der Waals surface area (Å²) in [6, 6.07) is 7.65. The summed E-state index contributed by atoms with van der Waals surface area (Å²) in [5.41, 5.74) is 1.70. The van der Waals surface area contributed by atoms with Gasteiger partial charge in [0.25, 0.3) is 5.91 Å². The number of rotatable bonds is 4. The number of nitrogens with zero attached hydrogens (tertiary/aromatic N) is 3. The molecule has 2 heterocycles. The summed E-state index contributed by atoms with van der Waals surface area (Å²) < 4.78 is 14.5. The van der Waals surface area contributed by atoms with E-state index in [-0.39, 0.29) is 11.7 Å². The summed E-state index contributed by atoms with van der Waals surface area (Å²) >= 11 is 0. The number of aromatic nitrogens is 2. The molecule has 0 unspecified atom stereocenters. The van der Waals surface area contributed by atoms with Gasteiger partial charge in [-0.05, 0) is 56.1 Å². The van der Waals surface area contributed by atoms with Crippen LogP contribution < -0.4 is 5.32 Å². The third-order valence-electron chi connectivity index (χ3n) is 4.45. The second-order valence-electron chi connectivity index (χ2n) is 6.45. The molecule has 5 nitrogen and oxygen atoms in total. The van der Waals surface area contributed by atoms with Crippen LogP contribution in [0.2, 0.25) is 0 Å². The Morgan fingerprint density at radius 1 is 1.19 bits per heavy atom. The molecular formula is C20H23FN4O. The van der Waals surface area contributed by atoms with Crippen molar-refractivity contribution in [1.29, 1.82) is 0 Å². The molecule has 0 atom stereocenters. The van der Waals surface area contributed by atoms with Crippen LogP contribution in [0, 0.1) is 17.7 Å². The van der Waals surface area contributed by atoms with E-state index in [0.717, 1.165) is 19.6 Å². The number of benzene rings is 1. The number of carbonyl (C=O) groups excluding carboxylic acids is 1. The normalized spacial score (nSPS) is 14.5. The van der Waals surface area contributed by atoms with Crippen LogP contribution in [0.15, 0.2) is 30.3 Å². The monoisotopic (exact) mass is 354 g/mol. The van der Waals surface area contributed by atoms with E-state index in [0.29, 0.717) is 23.5 Å². The molecular weight excluding hydrogens is 331 g/mol. The molecule has 2 aromatic rings. The van der Waals surface area contributed by atoms with Gasteiger partial charge in [-0.25, -0.2) is 4.39 Å². The molecule has 1 fully saturated rings. The average molecular weight is 354 g/mol. The second-order valence-corrected chi connectivity index (χ2v) is 6.45. The molecule has 1 amide bonds. The predicted octanol–water partition coefficient (Wildman–Crippen LogP) is 2.17. The van der Waals surface area contributed by atoms with E-state index in [4.69, 9.17) is 0 Å². The van der Waals surface area contributed by atoms with Crippen LogP contribution in [0.1, 0.15) is 41.0 Å². The van der Waals surface area contributed by atoms with Gasteiger partial charge in [0.15, 0.2) is 5.69 Å². The van der Waals surface area contributed by atoms with Crippen LogP contribution in [0.5, 0.6) is 0 Å². The van der Waals surface area contributed by atoms with Crippen molar-refractivity contribution in [3.63, 3.8) is 0 Å². The van der Waals surface area contributed by atoms with Crippen LogP contribution in [0.4, 0.5) is 4.39 Å². The third kappa shape index (κ3) is 4.93. The van der Waals surface area contributed by atoms with E-state index in [1.54, 1.807) is 29.9 Å². The van der Waals surface area contributed by atoms with Gasteiger partial charge >= 0.3 is 0 Å². The molecule has 26 heavy (non-hydrogen) atoms. The summed E-state index contributed by atoms with van der Waals surface area (Å²) in [5.74, 6) is 5.44. The number of likely N-dealkylation sites (tertiary alicyclic amines) is 1. The van der Waals surface area contributed by atoms with Crippen LogP contribution >= 0.6 is 0 Å². The van der Waals surface area contributed by atoms with Crippen molar-refractivity contribution < 1.29 is 9.18 Å². The lowest BCUT2D eigenvalue weighted by atomic mass is 10.1. The van der Waals surface area contributed by atoms with E-state index in [1.165, 1.54) is 31.4 Å². The topological polar surface area (TPSA) is 50.2 Å². The smallest absolute Gasteiger partial charge is 0.271 e. The molecule has 0 aliphatic carbocycles. The van der Waals surface area contributed by atoms with E-state index < -0.39 is 0 Å². The Morgan fingerprint density at radius 2 is 1.92 bits per heavy atom. The Hall–Kier alpha value is -2.65. The van der Waals surface area contributed by atoms with Crippen molar-refractivity contribution in [3.05, 3.63) is 53.1 Å². The first kappa shape index (κ1) is 18.2. The lowest BCUT2D eigenvalue weighted by molar-refractivity contribution is 0.0941. The SMILES string of the molecule is Cn1nc(C(=O)NCCN2CCCCC2)cc1C#Cc1ccc(F)cc1. The molecule has 1 N–H and O–H groups in total. The minimum atomic E-state index is -0.292. The number of hydrogen-bond acceptors (Lipinski definition) is 3. The molecule has 1 aliphatic rings. The molecule has 0 spiro atoms. The maximum absolute atomic E-state index is 12.9. The lowest BCUT2D eigenvalue weighted by Crippen LogP contribution is -2.37. The molecule has 1 saturated heterocycles. The number of carbonyl (C=O) groups is 1. The van der Waals surface area contributed by atoms with Crippen molar-refractivity contribution in [2.75, 3.05) is 26.2 Å². The Labute approximate surface area is 153 Å². The largest absolute Gasteiger partial charge is 0.349 e. The lowest BCUT2D eigenvalue weighted by Gasteiger charge is -2.26. The zero-order valence-electron chi connectivity index (χ0n) is 15.0. The van der Waals surface area contributed by atoms with Crippen molar-refractivity contribution in [2.45, 2.75) is 19.3 Å². The summed E-state index contributed by atoms with van der Waals surface area (Å²) in [6.07, 6.45) is 3.78. The fraction of sp³-hybridized carbons (Fsp3) is 0.400. The predicted molar refractivity (Wildman–Crippen MR) is 98.2 cm³/mol. The standard InChI is InChI=1S/C20H23FN4O/c1-24-18(10-7-16-5-8-17(21)9-6-16)15-19(23-24)20(26)22-11-14-25-12-3-2-4-13-25/h5-6,8-9,15H,2-4,11-14H2,1H3,(H,22,26). The molecule has 3 rings (SSSR count). The number of aryl methyl sites for hydroxylation is 1. The summed E-state index contributed by atoms with van der Waals surface area (Å²) in [5, 5.41) is 7.15. The van der Waals surface area contributed by atoms with Gasteiger partial charge in [-0.1, -0.05) is 12.3 Å². The first-order chi connectivity index (χ1) is 12.6. The molecule has 0 radical (unpaired) electrons. The Balaban J connectivity index is 1.56. The number of nitrogens with one attached hydrogen (secondary N) is 1. The number of halogens is 1. The van der Waals surface area contributed by atoms with Gasteiger partial charge in [0.05, 0.1) is 0 Å². The quantitative estimate of drug-likeness (QED) is 0.856. The summed E-state index contributed by atoms with van der Waals surface area (Å²) in [4.78, 5) is 14.6. The van der Waals surface area contributed by atoms with E-state index in [2.05, 4.69) is 27.2 Å². The third-order valence-corrected chi connectivity index (χ3v) is 4.45. The first-order valence-electron chi connectivity index (χ1n) is 8.94. The maximum Gasteiger partial charge on any atom is 0.271 e. The zero-order valence-corrected chi connectivity index (χ0v) is 15.0. The van der Waals surface area contributed by atoms with E-state index in [1.807, 2.05) is 0 Å². The minimum absolute atomic E-state index is 0.188. The van der Waals surface area contributed by atoms with Gasteiger partial charge in [0, 0.05) is 31.8 Å². The molecule has 1 aliphatic heterocycles. The number of amides is 1. The van der Waals surface area contributed by atoms with Gasteiger partial charge in [-0.15, -0.1) is 0 Å². The highest BCUT2D eigenvalue weighted by atomic mass is 19.1. The fourth-order valence-corrected chi connectivity index (χ4v) is 2.97. The molecule has 0 saturated carbocycles. The van der Waals surface area contributed by atoms with Crippen molar-refractivity contribution in [1.82, 2.24) is 20.0 Å². The van der Waals surface area contributed by atoms with E-state index >= 15 is 0 Å². The molecule has 6 heteroatoms. The summed E-state index contributed by atoms with van der Waals surface area (Å²) in [6.45, 7) is 3.72. The van der Waals surface area contributed by atoms with Gasteiger partial charge in [0.1, 0.15) is 11.5 Å². The minimum Gasteiger partial charge on any atom is -0.349 e. The first-order valence-corrected chi connectivity index (χ1v) is 8.94. The second kappa shape index (κ2) is 8.63. The number of piperidine rings is 1. The highest BCUT2D eigenvalue weighted by Crippen LogP contribution is 2.08. The average Bonchev–Trinajstić information content (AvgIpc) is 3.03. The van der Waals surface area contributed by atoms with Crippen molar-refractivity contribution in [2.24, 2.45) is 7.05 Å².